The number of nitrogens with zero attached hydrogens (tertiary/aromatic N) is 3. The van der Waals surface area contributed by atoms with E-state index in [9.17, 15) is 9.18 Å². The Kier molecular flexibility index (Phi) is 5.28. The van der Waals surface area contributed by atoms with Gasteiger partial charge in [-0.1, -0.05) is 0 Å². The summed E-state index contributed by atoms with van der Waals surface area (Å²) in [5.74, 6) is 0.211. The van der Waals surface area contributed by atoms with Crippen LogP contribution in [0.25, 0.3) is 0 Å². The highest BCUT2D eigenvalue weighted by Crippen LogP contribution is 2.30. The molecule has 0 saturated heterocycles. The minimum absolute atomic E-state index is 0.0738. The number of hydrogen-bond donors (Lipinski definition) is 0. The zero-order chi connectivity index (χ0) is 17.8. The van der Waals surface area contributed by atoms with Crippen molar-refractivity contribution in [2.45, 2.75) is 19.1 Å². The van der Waals surface area contributed by atoms with Crippen LogP contribution < -0.4 is 4.74 Å². The largest absolute Gasteiger partial charge is 0.480 e. The number of likely N-dealkylation sites (N-methyl/N-ethyl adjacent to an activating group) is 1. The van der Waals surface area contributed by atoms with E-state index in [2.05, 4.69) is 4.98 Å². The highest BCUT2D eigenvalue weighted by molar-refractivity contribution is 5.82. The number of benzene rings is 1. The summed E-state index contributed by atoms with van der Waals surface area (Å²) in [6, 6.07) is 8.18. The third-order valence-electron chi connectivity index (χ3n) is 4.22. The van der Waals surface area contributed by atoms with Gasteiger partial charge in [-0.25, -0.2) is 4.39 Å². The molecule has 25 heavy (non-hydrogen) atoms. The number of ether oxygens (including phenoxy) is 1. The monoisotopic (exact) mass is 343 g/mol. The van der Waals surface area contributed by atoms with Crippen molar-refractivity contribution >= 4 is 5.91 Å². The number of fused-ring (bicyclic) bond motifs is 1. The van der Waals surface area contributed by atoms with Crippen molar-refractivity contribution in [2.24, 2.45) is 0 Å². The highest BCUT2D eigenvalue weighted by atomic mass is 19.1. The maximum Gasteiger partial charge on any atom is 0.264 e. The van der Waals surface area contributed by atoms with Crippen molar-refractivity contribution in [1.29, 1.82) is 0 Å². The van der Waals surface area contributed by atoms with Crippen LogP contribution in [0.5, 0.6) is 5.75 Å². The zero-order valence-corrected chi connectivity index (χ0v) is 14.5. The van der Waals surface area contributed by atoms with Gasteiger partial charge in [-0.2, -0.15) is 0 Å². The Morgan fingerprint density at radius 3 is 2.72 bits per heavy atom. The lowest BCUT2D eigenvalue weighted by Crippen LogP contribution is -2.43. The topological polar surface area (TPSA) is 45.7 Å². The van der Waals surface area contributed by atoms with E-state index >= 15 is 0 Å². The molecule has 2 heterocycles. The first-order valence-electron chi connectivity index (χ1n) is 8.30. The molecule has 0 N–H and O–H groups in total. The van der Waals surface area contributed by atoms with Crippen molar-refractivity contribution in [3.63, 3.8) is 0 Å². The molecule has 0 unspecified atom stereocenters. The van der Waals surface area contributed by atoms with Gasteiger partial charge in [0.15, 0.2) is 6.10 Å². The van der Waals surface area contributed by atoms with E-state index in [0.29, 0.717) is 25.3 Å². The maximum atomic E-state index is 13.4. The van der Waals surface area contributed by atoms with E-state index in [1.165, 1.54) is 12.1 Å². The van der Waals surface area contributed by atoms with Crippen LogP contribution >= 0.6 is 0 Å². The van der Waals surface area contributed by atoms with Crippen LogP contribution in [0.2, 0.25) is 0 Å². The summed E-state index contributed by atoms with van der Waals surface area (Å²) >= 11 is 0. The normalized spacial score (nSPS) is 15.8. The molecule has 0 radical (unpaired) electrons. The van der Waals surface area contributed by atoms with Crippen LogP contribution in [0, 0.1) is 5.82 Å². The molecular weight excluding hydrogens is 321 g/mol. The molecule has 1 aromatic heterocycles. The van der Waals surface area contributed by atoms with Crippen LogP contribution in [0.3, 0.4) is 0 Å². The van der Waals surface area contributed by atoms with Gasteiger partial charge in [-0.3, -0.25) is 9.78 Å². The molecule has 0 fully saturated rings. The number of amides is 1. The number of aromatic nitrogens is 1. The summed E-state index contributed by atoms with van der Waals surface area (Å²) < 4.78 is 19.1. The van der Waals surface area contributed by atoms with Crippen LogP contribution in [-0.4, -0.2) is 54.0 Å². The van der Waals surface area contributed by atoms with Gasteiger partial charge in [0, 0.05) is 44.0 Å². The fourth-order valence-electron chi connectivity index (χ4n) is 2.85. The molecule has 1 amide bonds. The Morgan fingerprint density at radius 2 is 2.00 bits per heavy atom. The van der Waals surface area contributed by atoms with E-state index in [4.69, 9.17) is 4.74 Å². The third-order valence-corrected chi connectivity index (χ3v) is 4.22. The molecule has 0 bridgehead atoms. The molecule has 1 aliphatic heterocycles. The molecular formula is C19H22FN3O2. The van der Waals surface area contributed by atoms with E-state index in [1.54, 1.807) is 23.4 Å². The first-order chi connectivity index (χ1) is 12.0. The SMILES string of the molecule is CN(C)CCN(Cc1ccncc1)C(=O)[C@@H]1Cc2cc(F)ccc2O1. The van der Waals surface area contributed by atoms with E-state index in [-0.39, 0.29) is 11.7 Å². The number of carbonyl (C=O) groups is 1. The van der Waals surface area contributed by atoms with E-state index in [1.807, 2.05) is 31.1 Å². The number of carbonyl (C=O) groups excluding carboxylic acids is 1. The van der Waals surface area contributed by atoms with Gasteiger partial charge in [0.25, 0.3) is 5.91 Å². The standard InChI is InChI=1S/C19H22FN3O2/c1-22(2)9-10-23(13-14-5-7-21-8-6-14)19(24)18-12-15-11-16(20)3-4-17(15)25-18/h3-8,11,18H,9-10,12-13H2,1-2H3/t18-/m0/s1. The lowest BCUT2D eigenvalue weighted by atomic mass is 10.1. The van der Waals surface area contributed by atoms with Crippen molar-refractivity contribution in [1.82, 2.24) is 14.8 Å². The van der Waals surface area contributed by atoms with Crippen molar-refractivity contribution in [3.8, 4) is 5.75 Å². The maximum absolute atomic E-state index is 13.4. The quantitative estimate of drug-likeness (QED) is 0.806. The van der Waals surface area contributed by atoms with Crippen molar-refractivity contribution < 1.29 is 13.9 Å². The highest BCUT2D eigenvalue weighted by Gasteiger charge is 2.32. The Morgan fingerprint density at radius 1 is 1.24 bits per heavy atom. The molecule has 0 saturated carbocycles. The van der Waals surface area contributed by atoms with Gasteiger partial charge < -0.3 is 14.5 Å². The molecule has 132 valence electrons. The van der Waals surface area contributed by atoms with Gasteiger partial charge in [0.1, 0.15) is 11.6 Å². The molecule has 1 aliphatic rings. The summed E-state index contributed by atoms with van der Waals surface area (Å²) in [6.45, 7) is 1.85. The lowest BCUT2D eigenvalue weighted by molar-refractivity contribution is -0.138. The van der Waals surface area contributed by atoms with Gasteiger partial charge in [-0.15, -0.1) is 0 Å². The second-order valence-electron chi connectivity index (χ2n) is 6.48. The van der Waals surface area contributed by atoms with Crippen LogP contribution in [0.15, 0.2) is 42.7 Å². The number of hydrogen-bond acceptors (Lipinski definition) is 4. The minimum atomic E-state index is -0.596. The van der Waals surface area contributed by atoms with Crippen molar-refractivity contribution in [3.05, 3.63) is 59.7 Å². The number of pyridine rings is 1. The smallest absolute Gasteiger partial charge is 0.264 e. The molecule has 3 rings (SSSR count). The van der Waals surface area contributed by atoms with Crippen LogP contribution in [0.1, 0.15) is 11.1 Å². The minimum Gasteiger partial charge on any atom is -0.480 e. The summed E-state index contributed by atoms with van der Waals surface area (Å²) in [6.07, 6.45) is 3.24. The predicted molar refractivity (Wildman–Crippen MR) is 92.7 cm³/mol. The predicted octanol–water partition coefficient (Wildman–Crippen LogP) is 2.11. The Balaban J connectivity index is 1.72. The molecule has 6 heteroatoms. The molecule has 1 aromatic carbocycles. The van der Waals surface area contributed by atoms with Gasteiger partial charge >= 0.3 is 0 Å². The van der Waals surface area contributed by atoms with Crippen molar-refractivity contribution in [2.75, 3.05) is 27.2 Å². The summed E-state index contributed by atoms with van der Waals surface area (Å²) in [4.78, 5) is 20.8. The lowest BCUT2D eigenvalue weighted by Gasteiger charge is -2.26. The Bertz CT molecular complexity index is 737. The van der Waals surface area contributed by atoms with Gasteiger partial charge in [0.05, 0.1) is 0 Å². The molecule has 0 spiro atoms. The second-order valence-corrected chi connectivity index (χ2v) is 6.48. The molecule has 5 nitrogen and oxygen atoms in total. The second kappa shape index (κ2) is 7.61. The van der Waals surface area contributed by atoms with Gasteiger partial charge in [-0.05, 0) is 50.0 Å². The van der Waals surface area contributed by atoms with Crippen LogP contribution in [-0.2, 0) is 17.8 Å². The fourth-order valence-corrected chi connectivity index (χ4v) is 2.85. The van der Waals surface area contributed by atoms with E-state index < -0.39 is 6.10 Å². The molecule has 2 aromatic rings. The summed E-state index contributed by atoms with van der Waals surface area (Å²) in [5, 5.41) is 0. The number of rotatable bonds is 6. The van der Waals surface area contributed by atoms with E-state index in [0.717, 1.165) is 17.7 Å². The zero-order valence-electron chi connectivity index (χ0n) is 14.5. The molecule has 0 aliphatic carbocycles. The average Bonchev–Trinajstić information content (AvgIpc) is 3.01. The summed E-state index contributed by atoms with van der Waals surface area (Å²) in [5.41, 5.74) is 1.76. The third kappa shape index (κ3) is 4.33. The summed E-state index contributed by atoms with van der Waals surface area (Å²) in [7, 11) is 3.94. The fraction of sp³-hybridized carbons (Fsp3) is 0.368. The number of halogens is 1. The van der Waals surface area contributed by atoms with Crippen LogP contribution in [0.4, 0.5) is 4.39 Å². The Labute approximate surface area is 147 Å². The average molecular weight is 343 g/mol. The first-order valence-corrected chi connectivity index (χ1v) is 8.30. The Hall–Kier alpha value is -2.47. The molecule has 1 atom stereocenters. The first kappa shape index (κ1) is 17.4. The van der Waals surface area contributed by atoms with Gasteiger partial charge in [0.2, 0.25) is 0 Å².